The van der Waals surface area contributed by atoms with Crippen LogP contribution < -0.4 is 5.32 Å². The molecule has 0 aliphatic heterocycles. The highest BCUT2D eigenvalue weighted by Gasteiger charge is 2.16. The zero-order valence-corrected chi connectivity index (χ0v) is 11.3. The van der Waals surface area contributed by atoms with Gasteiger partial charge in [-0.2, -0.15) is 0 Å². The SMILES string of the molecule is CCNC(c1cncnc1)c1ccnc2ccccc12. The molecule has 4 heteroatoms. The monoisotopic (exact) mass is 264 g/mol. The number of aromatic nitrogens is 3. The Kier molecular flexibility index (Phi) is 3.65. The molecule has 0 radical (unpaired) electrons. The van der Waals surface area contributed by atoms with E-state index >= 15 is 0 Å². The Bertz CT molecular complexity index is 692. The van der Waals surface area contributed by atoms with Gasteiger partial charge in [0.05, 0.1) is 11.6 Å². The molecule has 1 atom stereocenters. The van der Waals surface area contributed by atoms with Crippen molar-refractivity contribution >= 4 is 10.9 Å². The van der Waals surface area contributed by atoms with Gasteiger partial charge < -0.3 is 5.32 Å². The van der Waals surface area contributed by atoms with Crippen molar-refractivity contribution in [3.63, 3.8) is 0 Å². The van der Waals surface area contributed by atoms with Crippen LogP contribution in [0.15, 0.2) is 55.2 Å². The Balaban J connectivity index is 2.15. The minimum absolute atomic E-state index is 0.0779. The molecule has 0 saturated carbocycles. The van der Waals surface area contributed by atoms with Crippen LogP contribution in [0.2, 0.25) is 0 Å². The molecule has 3 aromatic rings. The van der Waals surface area contributed by atoms with Crippen LogP contribution in [-0.4, -0.2) is 21.5 Å². The van der Waals surface area contributed by atoms with Crippen molar-refractivity contribution in [1.29, 1.82) is 0 Å². The number of benzene rings is 1. The fraction of sp³-hybridized carbons (Fsp3) is 0.188. The van der Waals surface area contributed by atoms with E-state index in [0.717, 1.165) is 23.0 Å². The maximum atomic E-state index is 4.42. The highest BCUT2D eigenvalue weighted by atomic mass is 14.9. The summed E-state index contributed by atoms with van der Waals surface area (Å²) in [6.45, 7) is 2.97. The number of hydrogen-bond donors (Lipinski definition) is 1. The van der Waals surface area contributed by atoms with E-state index in [9.17, 15) is 0 Å². The van der Waals surface area contributed by atoms with Gasteiger partial charge in [0.2, 0.25) is 0 Å². The molecule has 1 unspecified atom stereocenters. The summed E-state index contributed by atoms with van der Waals surface area (Å²) in [6, 6.07) is 10.3. The molecule has 0 spiro atoms. The van der Waals surface area contributed by atoms with Gasteiger partial charge in [-0.05, 0) is 24.2 Å². The first kappa shape index (κ1) is 12.7. The maximum absolute atomic E-state index is 4.42. The van der Waals surface area contributed by atoms with Gasteiger partial charge in [0.15, 0.2) is 0 Å². The average Bonchev–Trinajstić information content (AvgIpc) is 2.53. The second-order valence-electron chi connectivity index (χ2n) is 4.58. The van der Waals surface area contributed by atoms with E-state index in [1.807, 2.05) is 36.8 Å². The van der Waals surface area contributed by atoms with E-state index in [1.165, 1.54) is 5.56 Å². The van der Waals surface area contributed by atoms with Crippen molar-refractivity contribution in [2.45, 2.75) is 13.0 Å². The number of hydrogen-bond acceptors (Lipinski definition) is 4. The van der Waals surface area contributed by atoms with E-state index < -0.39 is 0 Å². The van der Waals surface area contributed by atoms with Crippen molar-refractivity contribution in [3.8, 4) is 0 Å². The molecule has 0 bridgehead atoms. The zero-order chi connectivity index (χ0) is 13.8. The van der Waals surface area contributed by atoms with Gasteiger partial charge in [-0.25, -0.2) is 9.97 Å². The third-order valence-electron chi connectivity index (χ3n) is 3.32. The van der Waals surface area contributed by atoms with Gasteiger partial charge in [-0.3, -0.25) is 4.98 Å². The lowest BCUT2D eigenvalue weighted by Crippen LogP contribution is -2.22. The molecular formula is C16H16N4. The fourth-order valence-corrected chi connectivity index (χ4v) is 2.44. The third kappa shape index (κ3) is 2.38. The highest BCUT2D eigenvalue weighted by molar-refractivity contribution is 5.82. The number of para-hydroxylation sites is 1. The number of fused-ring (bicyclic) bond motifs is 1. The lowest BCUT2D eigenvalue weighted by Gasteiger charge is -2.19. The molecule has 20 heavy (non-hydrogen) atoms. The van der Waals surface area contributed by atoms with Crippen LogP contribution in [0, 0.1) is 0 Å². The van der Waals surface area contributed by atoms with Crippen molar-refractivity contribution in [1.82, 2.24) is 20.3 Å². The summed E-state index contributed by atoms with van der Waals surface area (Å²) in [5.74, 6) is 0. The molecule has 1 N–H and O–H groups in total. The van der Waals surface area contributed by atoms with Crippen molar-refractivity contribution in [2.24, 2.45) is 0 Å². The van der Waals surface area contributed by atoms with Gasteiger partial charge in [-0.15, -0.1) is 0 Å². The van der Waals surface area contributed by atoms with Crippen LogP contribution in [0.1, 0.15) is 24.1 Å². The molecule has 0 amide bonds. The van der Waals surface area contributed by atoms with Crippen LogP contribution in [0.3, 0.4) is 0 Å². The number of nitrogens with one attached hydrogen (secondary N) is 1. The summed E-state index contributed by atoms with van der Waals surface area (Å²) in [6.07, 6.45) is 7.12. The molecule has 2 heterocycles. The minimum Gasteiger partial charge on any atom is -0.306 e. The Labute approximate surface area is 117 Å². The summed E-state index contributed by atoms with van der Waals surface area (Å²) < 4.78 is 0. The summed E-state index contributed by atoms with van der Waals surface area (Å²) in [4.78, 5) is 12.7. The number of rotatable bonds is 4. The predicted molar refractivity (Wildman–Crippen MR) is 79.3 cm³/mol. The molecule has 2 aromatic heterocycles. The average molecular weight is 264 g/mol. The Morgan fingerprint density at radius 1 is 1.10 bits per heavy atom. The van der Waals surface area contributed by atoms with Crippen LogP contribution in [-0.2, 0) is 0 Å². The summed E-state index contributed by atoms with van der Waals surface area (Å²) in [5, 5.41) is 4.66. The molecule has 0 aliphatic rings. The Hall–Kier alpha value is -2.33. The molecule has 0 aliphatic carbocycles. The molecule has 1 aromatic carbocycles. The van der Waals surface area contributed by atoms with Crippen LogP contribution in [0.25, 0.3) is 10.9 Å². The van der Waals surface area contributed by atoms with Crippen molar-refractivity contribution in [3.05, 3.63) is 66.4 Å². The lowest BCUT2D eigenvalue weighted by atomic mass is 9.97. The van der Waals surface area contributed by atoms with Crippen molar-refractivity contribution in [2.75, 3.05) is 6.54 Å². The van der Waals surface area contributed by atoms with E-state index in [4.69, 9.17) is 0 Å². The third-order valence-corrected chi connectivity index (χ3v) is 3.32. The molecule has 0 saturated heterocycles. The lowest BCUT2D eigenvalue weighted by molar-refractivity contribution is 0.629. The highest BCUT2D eigenvalue weighted by Crippen LogP contribution is 2.27. The summed E-state index contributed by atoms with van der Waals surface area (Å²) >= 11 is 0. The molecule has 3 rings (SSSR count). The van der Waals surface area contributed by atoms with Gasteiger partial charge in [0.1, 0.15) is 6.33 Å². The summed E-state index contributed by atoms with van der Waals surface area (Å²) in [5.41, 5.74) is 3.27. The topological polar surface area (TPSA) is 50.7 Å². The quantitative estimate of drug-likeness (QED) is 0.787. The predicted octanol–water partition coefficient (Wildman–Crippen LogP) is 2.72. The van der Waals surface area contributed by atoms with E-state index in [0.29, 0.717) is 0 Å². The van der Waals surface area contributed by atoms with Gasteiger partial charge in [-0.1, -0.05) is 25.1 Å². The Morgan fingerprint density at radius 3 is 2.70 bits per heavy atom. The zero-order valence-electron chi connectivity index (χ0n) is 11.3. The Morgan fingerprint density at radius 2 is 1.90 bits per heavy atom. The largest absolute Gasteiger partial charge is 0.306 e. The smallest absolute Gasteiger partial charge is 0.115 e. The first-order chi connectivity index (χ1) is 9.90. The molecular weight excluding hydrogens is 248 g/mol. The maximum Gasteiger partial charge on any atom is 0.115 e. The second-order valence-corrected chi connectivity index (χ2v) is 4.58. The van der Waals surface area contributed by atoms with E-state index in [2.05, 4.69) is 39.3 Å². The van der Waals surface area contributed by atoms with Gasteiger partial charge in [0, 0.05) is 29.5 Å². The normalized spacial score (nSPS) is 12.4. The fourth-order valence-electron chi connectivity index (χ4n) is 2.44. The first-order valence-electron chi connectivity index (χ1n) is 6.72. The van der Waals surface area contributed by atoms with Crippen LogP contribution in [0.5, 0.6) is 0 Å². The van der Waals surface area contributed by atoms with Crippen molar-refractivity contribution < 1.29 is 0 Å². The second kappa shape index (κ2) is 5.75. The molecule has 100 valence electrons. The molecule has 4 nitrogen and oxygen atoms in total. The van der Waals surface area contributed by atoms with E-state index in [-0.39, 0.29) is 6.04 Å². The van der Waals surface area contributed by atoms with Gasteiger partial charge >= 0.3 is 0 Å². The van der Waals surface area contributed by atoms with E-state index in [1.54, 1.807) is 6.33 Å². The molecule has 0 fully saturated rings. The van der Waals surface area contributed by atoms with Crippen LogP contribution in [0.4, 0.5) is 0 Å². The van der Waals surface area contributed by atoms with Gasteiger partial charge in [0.25, 0.3) is 0 Å². The minimum atomic E-state index is 0.0779. The number of nitrogens with zero attached hydrogens (tertiary/aromatic N) is 3. The van der Waals surface area contributed by atoms with Crippen LogP contribution >= 0.6 is 0 Å². The number of pyridine rings is 1. The summed E-state index contributed by atoms with van der Waals surface area (Å²) in [7, 11) is 0. The standard InChI is InChI=1S/C16H16N4/c1-2-19-16(12-9-17-11-18-10-12)14-7-8-20-15-6-4-3-5-13(14)15/h3-11,16,19H,2H2,1H3. The first-order valence-corrected chi connectivity index (χ1v) is 6.72.